The number of rotatable bonds is 4. The van der Waals surface area contributed by atoms with Gasteiger partial charge in [-0.15, -0.1) is 0 Å². The van der Waals surface area contributed by atoms with E-state index in [0.717, 1.165) is 19.3 Å². The second-order valence-electron chi connectivity index (χ2n) is 6.12. The van der Waals surface area contributed by atoms with Crippen LogP contribution in [0.3, 0.4) is 0 Å². The fourth-order valence-corrected chi connectivity index (χ4v) is 4.64. The first kappa shape index (κ1) is 13.7. The van der Waals surface area contributed by atoms with Crippen LogP contribution in [0.15, 0.2) is 0 Å². The van der Waals surface area contributed by atoms with Gasteiger partial charge in [0.05, 0.1) is 5.60 Å². The fraction of sp³-hybridized carbons (Fsp3) is 1.00. The molecule has 2 N–H and O–H groups in total. The molecule has 0 saturated heterocycles. The predicted molar refractivity (Wildman–Crippen MR) is 59.9 cm³/mol. The standard InChI is InChI=1S/C11H16F2O5S/c12-11(13,19(15,16)17)9(14)18-10-4-6-1-7(5-10)3-8(10)2-6/h6-9,14H,1-5H2,(H,15,16,17). The summed E-state index contributed by atoms with van der Waals surface area (Å²) in [4.78, 5) is 0. The van der Waals surface area contributed by atoms with Gasteiger partial charge in [-0.25, -0.2) is 0 Å². The summed E-state index contributed by atoms with van der Waals surface area (Å²) in [5.74, 6) is 0.955. The van der Waals surface area contributed by atoms with Crippen LogP contribution in [-0.4, -0.2) is 35.2 Å². The minimum atomic E-state index is -5.69. The highest BCUT2D eigenvalue weighted by Crippen LogP contribution is 2.62. The lowest BCUT2D eigenvalue weighted by atomic mass is 9.81. The summed E-state index contributed by atoms with van der Waals surface area (Å²) < 4.78 is 61.4. The summed E-state index contributed by atoms with van der Waals surface area (Å²) in [6.45, 7) is 0. The van der Waals surface area contributed by atoms with Gasteiger partial charge in [-0.3, -0.25) is 4.55 Å². The second-order valence-corrected chi connectivity index (χ2v) is 7.61. The number of ether oxygens (including phenoxy) is 1. The Bertz CT molecular complexity index is 477. The molecule has 5 nitrogen and oxygen atoms in total. The minimum absolute atomic E-state index is 0.114. The van der Waals surface area contributed by atoms with E-state index in [1.165, 1.54) is 0 Å². The first-order chi connectivity index (χ1) is 8.64. The molecule has 0 radical (unpaired) electrons. The predicted octanol–water partition coefficient (Wildman–Crippen LogP) is 1.38. The fourth-order valence-electron chi connectivity index (χ4n) is 4.33. The van der Waals surface area contributed by atoms with E-state index in [9.17, 15) is 22.3 Å². The number of halogens is 2. The van der Waals surface area contributed by atoms with Crippen LogP contribution in [0.1, 0.15) is 32.1 Å². The molecule has 4 rings (SSSR count). The van der Waals surface area contributed by atoms with Crippen LogP contribution in [0.2, 0.25) is 0 Å². The van der Waals surface area contributed by atoms with Crippen molar-refractivity contribution < 1.29 is 31.6 Å². The van der Waals surface area contributed by atoms with Crippen molar-refractivity contribution in [3.8, 4) is 0 Å². The van der Waals surface area contributed by atoms with Crippen LogP contribution in [0.25, 0.3) is 0 Å². The Labute approximate surface area is 109 Å². The molecule has 0 aromatic rings. The van der Waals surface area contributed by atoms with Crippen molar-refractivity contribution in [2.45, 2.75) is 49.2 Å². The molecular formula is C11H16F2O5S. The van der Waals surface area contributed by atoms with Crippen molar-refractivity contribution in [2.24, 2.45) is 17.8 Å². The Kier molecular flexibility index (Phi) is 2.78. The highest BCUT2D eigenvalue weighted by atomic mass is 32.2. The zero-order valence-electron chi connectivity index (χ0n) is 10.1. The number of alkyl halides is 2. The SMILES string of the molecule is O=S(=O)(O)C(F)(F)C(O)OC12CC3CC(CC1C3)C2. The largest absolute Gasteiger partial charge is 0.418 e. The van der Waals surface area contributed by atoms with Gasteiger partial charge in [-0.1, -0.05) is 0 Å². The van der Waals surface area contributed by atoms with Gasteiger partial charge < -0.3 is 9.84 Å². The molecule has 4 bridgehead atoms. The molecule has 3 unspecified atom stereocenters. The Morgan fingerprint density at radius 3 is 2.21 bits per heavy atom. The molecule has 19 heavy (non-hydrogen) atoms. The summed E-state index contributed by atoms with van der Waals surface area (Å²) in [6.07, 6.45) is 1.20. The molecule has 4 aliphatic carbocycles. The van der Waals surface area contributed by atoms with E-state index in [-0.39, 0.29) is 5.92 Å². The smallest absolute Gasteiger partial charge is 0.362 e. The van der Waals surface area contributed by atoms with Crippen LogP contribution >= 0.6 is 0 Å². The lowest BCUT2D eigenvalue weighted by Gasteiger charge is -2.36. The third-order valence-electron chi connectivity index (χ3n) is 4.89. The molecule has 0 aromatic heterocycles. The first-order valence-corrected chi connectivity index (χ1v) is 7.79. The Morgan fingerprint density at radius 2 is 1.74 bits per heavy atom. The maximum Gasteiger partial charge on any atom is 0.418 e. The van der Waals surface area contributed by atoms with Gasteiger partial charge in [0.2, 0.25) is 6.29 Å². The molecule has 0 aromatic carbocycles. The summed E-state index contributed by atoms with van der Waals surface area (Å²) in [7, 11) is -5.69. The zero-order chi connectivity index (χ0) is 14.1. The van der Waals surface area contributed by atoms with Crippen molar-refractivity contribution in [2.75, 3.05) is 0 Å². The van der Waals surface area contributed by atoms with E-state index in [2.05, 4.69) is 0 Å². The van der Waals surface area contributed by atoms with E-state index in [1.807, 2.05) is 0 Å². The number of aliphatic hydroxyl groups is 1. The topological polar surface area (TPSA) is 83.8 Å². The van der Waals surface area contributed by atoms with Gasteiger partial charge >= 0.3 is 15.4 Å². The van der Waals surface area contributed by atoms with Crippen molar-refractivity contribution in [1.82, 2.24) is 0 Å². The van der Waals surface area contributed by atoms with Crippen molar-refractivity contribution in [3.05, 3.63) is 0 Å². The molecular weight excluding hydrogens is 282 g/mol. The first-order valence-electron chi connectivity index (χ1n) is 6.35. The number of hydrogen-bond acceptors (Lipinski definition) is 4. The molecule has 8 heteroatoms. The van der Waals surface area contributed by atoms with Gasteiger partial charge in [0.1, 0.15) is 0 Å². The molecule has 0 amide bonds. The Balaban J connectivity index is 1.79. The van der Waals surface area contributed by atoms with Crippen LogP contribution in [0.4, 0.5) is 8.78 Å². The third kappa shape index (κ3) is 1.91. The van der Waals surface area contributed by atoms with Gasteiger partial charge in [-0.2, -0.15) is 17.2 Å². The van der Waals surface area contributed by atoms with E-state index in [1.54, 1.807) is 0 Å². The molecule has 0 spiro atoms. The molecule has 4 fully saturated rings. The normalized spacial score (nSPS) is 42.8. The van der Waals surface area contributed by atoms with E-state index >= 15 is 0 Å². The van der Waals surface area contributed by atoms with Crippen molar-refractivity contribution in [1.29, 1.82) is 0 Å². The second kappa shape index (κ2) is 3.87. The summed E-state index contributed by atoms with van der Waals surface area (Å²) in [5.41, 5.74) is -0.832. The van der Waals surface area contributed by atoms with Crippen LogP contribution in [0, 0.1) is 17.8 Å². The van der Waals surface area contributed by atoms with Gasteiger partial charge in [0.15, 0.2) is 0 Å². The van der Waals surface area contributed by atoms with E-state index in [4.69, 9.17) is 9.29 Å². The van der Waals surface area contributed by atoms with E-state index < -0.39 is 27.3 Å². The molecule has 3 atom stereocenters. The highest BCUT2D eigenvalue weighted by molar-refractivity contribution is 7.86. The minimum Gasteiger partial charge on any atom is -0.362 e. The van der Waals surface area contributed by atoms with Crippen molar-refractivity contribution >= 4 is 10.1 Å². The van der Waals surface area contributed by atoms with Crippen LogP contribution in [-0.2, 0) is 14.9 Å². The molecule has 110 valence electrons. The van der Waals surface area contributed by atoms with Gasteiger partial charge in [0.25, 0.3) is 0 Å². The molecule has 4 saturated carbocycles. The lowest BCUT2D eigenvalue weighted by molar-refractivity contribution is -0.257. The monoisotopic (exact) mass is 298 g/mol. The highest BCUT2D eigenvalue weighted by Gasteiger charge is 2.62. The molecule has 0 aliphatic heterocycles. The average Bonchev–Trinajstić information content (AvgIpc) is 2.61. The molecule has 0 heterocycles. The number of aliphatic hydroxyl groups excluding tert-OH is 1. The van der Waals surface area contributed by atoms with Crippen molar-refractivity contribution in [3.63, 3.8) is 0 Å². The Hall–Kier alpha value is -0.310. The number of hydrogen-bond donors (Lipinski definition) is 2. The summed E-state index contributed by atoms with van der Waals surface area (Å²) in [5, 5.41) is 4.71. The average molecular weight is 298 g/mol. The Morgan fingerprint density at radius 1 is 1.21 bits per heavy atom. The lowest BCUT2D eigenvalue weighted by Crippen LogP contribution is -2.49. The van der Waals surface area contributed by atoms with E-state index in [0.29, 0.717) is 24.7 Å². The quantitative estimate of drug-likeness (QED) is 0.605. The maximum absolute atomic E-state index is 13.3. The zero-order valence-corrected chi connectivity index (χ0v) is 10.9. The third-order valence-corrected chi connectivity index (χ3v) is 5.78. The van der Waals surface area contributed by atoms with Crippen LogP contribution in [0.5, 0.6) is 0 Å². The molecule has 4 aliphatic rings. The summed E-state index contributed by atoms with van der Waals surface area (Å²) >= 11 is 0. The summed E-state index contributed by atoms with van der Waals surface area (Å²) in [6, 6.07) is 0. The van der Waals surface area contributed by atoms with Gasteiger partial charge in [-0.05, 0) is 49.9 Å². The van der Waals surface area contributed by atoms with Gasteiger partial charge in [0, 0.05) is 0 Å². The van der Waals surface area contributed by atoms with Crippen LogP contribution < -0.4 is 0 Å². The maximum atomic E-state index is 13.3.